The summed E-state index contributed by atoms with van der Waals surface area (Å²) in [7, 11) is 0. The van der Waals surface area contributed by atoms with Gasteiger partial charge in [-0.25, -0.2) is 9.78 Å². The van der Waals surface area contributed by atoms with Gasteiger partial charge in [0.25, 0.3) is 0 Å². The van der Waals surface area contributed by atoms with Crippen LogP contribution in [0.5, 0.6) is 17.2 Å². The lowest BCUT2D eigenvalue weighted by Crippen LogP contribution is -2.08. The van der Waals surface area contributed by atoms with Gasteiger partial charge in [0.15, 0.2) is 17.2 Å². The number of aromatic nitrogens is 1. The third-order valence-electron chi connectivity index (χ3n) is 2.38. The molecular weight excluding hydrogens is 254 g/mol. The van der Waals surface area contributed by atoms with Crippen molar-refractivity contribution in [2.75, 3.05) is 6.79 Å². The van der Waals surface area contributed by atoms with Crippen LogP contribution in [0.4, 0.5) is 0 Å². The first-order valence-corrected chi connectivity index (χ1v) is 6.14. The second-order valence-corrected chi connectivity index (χ2v) is 4.72. The first kappa shape index (κ1) is 11.0. The second-order valence-electron chi connectivity index (χ2n) is 3.66. The molecule has 0 aliphatic carbocycles. The van der Waals surface area contributed by atoms with Gasteiger partial charge in [0, 0.05) is 11.4 Å². The van der Waals surface area contributed by atoms with E-state index in [0.717, 1.165) is 5.01 Å². The number of fused-ring (bicyclic) bond motifs is 1. The summed E-state index contributed by atoms with van der Waals surface area (Å²) in [4.78, 5) is 15.8. The summed E-state index contributed by atoms with van der Waals surface area (Å²) in [6, 6.07) is 4.99. The van der Waals surface area contributed by atoms with Crippen LogP contribution in [0.2, 0.25) is 0 Å². The Morgan fingerprint density at radius 2 is 2.22 bits per heavy atom. The Bertz CT molecular complexity index is 608. The van der Waals surface area contributed by atoms with Crippen molar-refractivity contribution in [2.45, 2.75) is 6.92 Å². The van der Waals surface area contributed by atoms with E-state index in [1.54, 1.807) is 23.6 Å². The molecule has 0 saturated heterocycles. The Labute approximate surface area is 107 Å². The van der Waals surface area contributed by atoms with E-state index >= 15 is 0 Å². The lowest BCUT2D eigenvalue weighted by Gasteiger charge is -2.03. The molecule has 0 bridgehead atoms. The Morgan fingerprint density at radius 3 is 3.00 bits per heavy atom. The minimum atomic E-state index is -0.474. The first-order valence-electron chi connectivity index (χ1n) is 5.26. The fourth-order valence-corrected chi connectivity index (χ4v) is 2.14. The molecule has 2 heterocycles. The van der Waals surface area contributed by atoms with Crippen LogP contribution in [0, 0.1) is 6.92 Å². The molecule has 1 aromatic carbocycles. The van der Waals surface area contributed by atoms with Crippen molar-refractivity contribution in [1.29, 1.82) is 0 Å². The van der Waals surface area contributed by atoms with E-state index in [1.807, 2.05) is 6.92 Å². The van der Waals surface area contributed by atoms with Crippen LogP contribution in [0.15, 0.2) is 23.6 Å². The van der Waals surface area contributed by atoms with Crippen LogP contribution in [-0.4, -0.2) is 17.7 Å². The lowest BCUT2D eigenvalue weighted by molar-refractivity contribution is 0.0729. The number of nitrogens with zero attached hydrogens (tertiary/aromatic N) is 1. The lowest BCUT2D eigenvalue weighted by atomic mass is 10.3. The normalized spacial score (nSPS) is 12.5. The predicted molar refractivity (Wildman–Crippen MR) is 64.4 cm³/mol. The molecule has 0 spiro atoms. The van der Waals surface area contributed by atoms with Crippen LogP contribution in [0.3, 0.4) is 0 Å². The van der Waals surface area contributed by atoms with Crippen LogP contribution in [0.25, 0.3) is 0 Å². The number of benzene rings is 1. The summed E-state index contributed by atoms with van der Waals surface area (Å²) in [5.41, 5.74) is 0.315. The highest BCUT2D eigenvalue weighted by Gasteiger charge is 2.17. The van der Waals surface area contributed by atoms with Crippen molar-refractivity contribution in [3.8, 4) is 17.2 Å². The molecule has 6 heteroatoms. The molecule has 3 rings (SSSR count). The summed E-state index contributed by atoms with van der Waals surface area (Å²) in [5, 5.41) is 2.50. The number of carbonyl (C=O) groups is 1. The number of thiazole rings is 1. The van der Waals surface area contributed by atoms with Crippen LogP contribution < -0.4 is 14.2 Å². The fourth-order valence-electron chi connectivity index (χ4n) is 1.56. The third kappa shape index (κ3) is 2.02. The molecule has 1 aliphatic rings. The summed E-state index contributed by atoms with van der Waals surface area (Å²) in [5.74, 6) is 1.17. The van der Waals surface area contributed by atoms with E-state index in [4.69, 9.17) is 14.2 Å². The molecule has 0 atom stereocenters. The Hall–Kier alpha value is -2.08. The van der Waals surface area contributed by atoms with Crippen molar-refractivity contribution < 1.29 is 19.0 Å². The van der Waals surface area contributed by atoms with Gasteiger partial charge >= 0.3 is 5.97 Å². The van der Waals surface area contributed by atoms with E-state index < -0.39 is 5.97 Å². The molecule has 92 valence electrons. The molecular formula is C12H9NO4S. The van der Waals surface area contributed by atoms with Gasteiger partial charge in [0.1, 0.15) is 5.75 Å². The highest BCUT2D eigenvalue weighted by atomic mass is 32.1. The van der Waals surface area contributed by atoms with Gasteiger partial charge in [0.05, 0.1) is 5.01 Å². The number of ether oxygens (including phenoxy) is 3. The van der Waals surface area contributed by atoms with Crippen molar-refractivity contribution >= 4 is 17.3 Å². The van der Waals surface area contributed by atoms with E-state index in [9.17, 15) is 4.79 Å². The average molecular weight is 263 g/mol. The number of carbonyl (C=O) groups excluding carboxylic acids is 1. The van der Waals surface area contributed by atoms with E-state index in [0.29, 0.717) is 22.9 Å². The zero-order chi connectivity index (χ0) is 12.5. The van der Waals surface area contributed by atoms with Gasteiger partial charge < -0.3 is 14.2 Å². The van der Waals surface area contributed by atoms with Gasteiger partial charge in [-0.05, 0) is 19.1 Å². The van der Waals surface area contributed by atoms with E-state index in [1.165, 1.54) is 11.3 Å². The number of hydrogen-bond acceptors (Lipinski definition) is 6. The van der Waals surface area contributed by atoms with Gasteiger partial charge in [-0.3, -0.25) is 0 Å². The fraction of sp³-hybridized carbons (Fsp3) is 0.167. The second kappa shape index (κ2) is 4.30. The molecule has 2 aromatic rings. The first-order chi connectivity index (χ1) is 8.72. The number of esters is 1. The minimum Gasteiger partial charge on any atom is -0.454 e. The quantitative estimate of drug-likeness (QED) is 0.615. The highest BCUT2D eigenvalue weighted by molar-refractivity contribution is 7.09. The van der Waals surface area contributed by atoms with Gasteiger partial charge in [0.2, 0.25) is 6.79 Å². The summed E-state index contributed by atoms with van der Waals surface area (Å²) in [6.07, 6.45) is 0. The number of hydrogen-bond donors (Lipinski definition) is 0. The Kier molecular flexibility index (Phi) is 2.64. The Morgan fingerprint density at radius 1 is 1.39 bits per heavy atom. The topological polar surface area (TPSA) is 57.7 Å². The molecule has 0 saturated carbocycles. The minimum absolute atomic E-state index is 0.192. The van der Waals surface area contributed by atoms with E-state index in [-0.39, 0.29) is 6.79 Å². The highest BCUT2D eigenvalue weighted by Crippen LogP contribution is 2.35. The van der Waals surface area contributed by atoms with Crippen molar-refractivity contribution in [3.63, 3.8) is 0 Å². The molecule has 0 fully saturated rings. The van der Waals surface area contributed by atoms with Crippen LogP contribution >= 0.6 is 11.3 Å². The molecule has 1 aliphatic heterocycles. The molecule has 5 nitrogen and oxygen atoms in total. The zero-order valence-corrected chi connectivity index (χ0v) is 10.3. The molecule has 0 radical (unpaired) electrons. The van der Waals surface area contributed by atoms with Gasteiger partial charge in [-0.2, -0.15) is 0 Å². The van der Waals surface area contributed by atoms with Crippen molar-refractivity contribution in [1.82, 2.24) is 4.98 Å². The molecule has 1 aromatic heterocycles. The summed E-state index contributed by atoms with van der Waals surface area (Å²) >= 11 is 1.41. The molecule has 18 heavy (non-hydrogen) atoms. The summed E-state index contributed by atoms with van der Waals surface area (Å²) < 4.78 is 15.6. The van der Waals surface area contributed by atoms with Crippen LogP contribution in [0.1, 0.15) is 15.5 Å². The predicted octanol–water partition coefficient (Wildman–Crippen LogP) is 2.40. The molecule has 0 amide bonds. The number of rotatable bonds is 2. The van der Waals surface area contributed by atoms with Gasteiger partial charge in [-0.15, -0.1) is 11.3 Å². The standard InChI is InChI=1S/C12H9NO4S/c1-7-13-9(5-18-7)12(14)17-8-2-3-10-11(4-8)16-6-15-10/h2-5H,6H2,1H3. The molecule has 0 N–H and O–H groups in total. The zero-order valence-electron chi connectivity index (χ0n) is 9.50. The third-order valence-corrected chi connectivity index (χ3v) is 3.16. The van der Waals surface area contributed by atoms with E-state index in [2.05, 4.69) is 4.98 Å². The maximum absolute atomic E-state index is 11.8. The maximum Gasteiger partial charge on any atom is 0.363 e. The number of aryl methyl sites for hydroxylation is 1. The largest absolute Gasteiger partial charge is 0.454 e. The van der Waals surface area contributed by atoms with Crippen molar-refractivity contribution in [3.05, 3.63) is 34.3 Å². The molecule has 0 unspecified atom stereocenters. The maximum atomic E-state index is 11.8. The van der Waals surface area contributed by atoms with Crippen molar-refractivity contribution in [2.24, 2.45) is 0 Å². The summed E-state index contributed by atoms with van der Waals surface area (Å²) in [6.45, 7) is 2.03. The monoisotopic (exact) mass is 263 g/mol. The smallest absolute Gasteiger partial charge is 0.363 e. The Balaban J connectivity index is 1.78. The average Bonchev–Trinajstić information content (AvgIpc) is 2.96. The van der Waals surface area contributed by atoms with Crippen LogP contribution in [-0.2, 0) is 0 Å². The van der Waals surface area contributed by atoms with Gasteiger partial charge in [-0.1, -0.05) is 0 Å². The SMILES string of the molecule is Cc1nc(C(=O)Oc2ccc3c(c2)OCO3)cs1.